The molecule has 0 aliphatic rings. The summed E-state index contributed by atoms with van der Waals surface area (Å²) in [6.07, 6.45) is 0.199. The summed E-state index contributed by atoms with van der Waals surface area (Å²) in [6, 6.07) is 14.5. The Hall–Kier alpha value is -2.49. The van der Waals surface area contributed by atoms with Crippen LogP contribution < -0.4 is 14.2 Å². The first-order chi connectivity index (χ1) is 10.2. The topological polar surface area (TPSA) is 44.8 Å². The van der Waals surface area contributed by atoms with Gasteiger partial charge in [-0.15, -0.1) is 0 Å². The van der Waals surface area contributed by atoms with Gasteiger partial charge >= 0.3 is 5.97 Å². The van der Waals surface area contributed by atoms with Crippen LogP contribution in [0.1, 0.15) is 12.5 Å². The van der Waals surface area contributed by atoms with Crippen LogP contribution in [0.4, 0.5) is 0 Å². The van der Waals surface area contributed by atoms with Gasteiger partial charge in [-0.25, -0.2) is 0 Å². The Morgan fingerprint density at radius 3 is 2.29 bits per heavy atom. The minimum atomic E-state index is -0.330. The van der Waals surface area contributed by atoms with Crippen molar-refractivity contribution in [2.75, 3.05) is 13.7 Å². The number of hydrogen-bond donors (Lipinski definition) is 0. The molecule has 0 aliphatic heterocycles. The first-order valence-corrected chi connectivity index (χ1v) is 6.78. The van der Waals surface area contributed by atoms with Crippen LogP contribution in [-0.4, -0.2) is 19.7 Å². The van der Waals surface area contributed by atoms with Gasteiger partial charge in [-0.05, 0) is 36.8 Å². The number of carbonyl (C=O) groups is 1. The minimum Gasteiger partial charge on any atom is -0.494 e. The smallest absolute Gasteiger partial charge is 0.315 e. The highest BCUT2D eigenvalue weighted by molar-refractivity contribution is 5.76. The van der Waals surface area contributed by atoms with E-state index in [0.29, 0.717) is 18.1 Å². The van der Waals surface area contributed by atoms with Crippen molar-refractivity contribution in [3.05, 3.63) is 54.1 Å². The van der Waals surface area contributed by atoms with Crippen molar-refractivity contribution in [3.8, 4) is 17.2 Å². The molecule has 0 unspecified atom stereocenters. The van der Waals surface area contributed by atoms with Gasteiger partial charge in [0.15, 0.2) is 11.5 Å². The van der Waals surface area contributed by atoms with Crippen molar-refractivity contribution >= 4 is 5.97 Å². The van der Waals surface area contributed by atoms with Gasteiger partial charge in [0.25, 0.3) is 0 Å². The number of methoxy groups -OCH3 is 1. The van der Waals surface area contributed by atoms with Gasteiger partial charge in [-0.3, -0.25) is 4.79 Å². The molecule has 0 heterocycles. The fourth-order valence-corrected chi connectivity index (χ4v) is 1.90. The van der Waals surface area contributed by atoms with Gasteiger partial charge in [-0.2, -0.15) is 0 Å². The second-order valence-electron chi connectivity index (χ2n) is 4.38. The minimum absolute atomic E-state index is 0.199. The van der Waals surface area contributed by atoms with Crippen LogP contribution in [0, 0.1) is 0 Å². The molecule has 0 bridgehead atoms. The molecule has 0 fully saturated rings. The third-order valence-electron chi connectivity index (χ3n) is 2.88. The number of benzene rings is 2. The van der Waals surface area contributed by atoms with E-state index in [4.69, 9.17) is 14.2 Å². The molecule has 0 aromatic heterocycles. The van der Waals surface area contributed by atoms with Gasteiger partial charge in [0.05, 0.1) is 20.1 Å². The molecule has 0 saturated heterocycles. The van der Waals surface area contributed by atoms with Gasteiger partial charge in [-0.1, -0.05) is 24.3 Å². The number of esters is 1. The number of ether oxygens (including phenoxy) is 3. The maximum atomic E-state index is 12.0. The van der Waals surface area contributed by atoms with Crippen molar-refractivity contribution in [2.24, 2.45) is 0 Å². The van der Waals surface area contributed by atoms with Crippen LogP contribution in [0.25, 0.3) is 0 Å². The highest BCUT2D eigenvalue weighted by Crippen LogP contribution is 2.26. The maximum Gasteiger partial charge on any atom is 0.315 e. The summed E-state index contributed by atoms with van der Waals surface area (Å²) in [6.45, 7) is 2.55. The van der Waals surface area contributed by atoms with Gasteiger partial charge in [0.2, 0.25) is 0 Å². The van der Waals surface area contributed by atoms with E-state index in [-0.39, 0.29) is 12.4 Å². The molecule has 4 heteroatoms. The zero-order chi connectivity index (χ0) is 15.1. The van der Waals surface area contributed by atoms with E-state index >= 15 is 0 Å². The molecule has 2 aromatic carbocycles. The molecule has 2 rings (SSSR count). The summed E-state index contributed by atoms with van der Waals surface area (Å²) >= 11 is 0. The third kappa shape index (κ3) is 4.24. The fourth-order valence-electron chi connectivity index (χ4n) is 1.90. The highest BCUT2D eigenvalue weighted by atomic mass is 16.6. The molecule has 0 atom stereocenters. The molecular weight excluding hydrogens is 268 g/mol. The van der Waals surface area contributed by atoms with Crippen LogP contribution in [0.3, 0.4) is 0 Å². The second-order valence-corrected chi connectivity index (χ2v) is 4.38. The molecule has 0 spiro atoms. The van der Waals surface area contributed by atoms with Crippen LogP contribution in [-0.2, 0) is 11.2 Å². The summed E-state index contributed by atoms with van der Waals surface area (Å²) in [5.41, 5.74) is 0.873. The molecule has 0 radical (unpaired) electrons. The summed E-state index contributed by atoms with van der Waals surface area (Å²) in [5, 5.41) is 0. The second kappa shape index (κ2) is 7.33. The Morgan fingerprint density at radius 2 is 1.67 bits per heavy atom. The summed E-state index contributed by atoms with van der Waals surface area (Å²) in [4.78, 5) is 12.0. The standard InChI is InChI=1S/C17H18O4/c1-3-20-14-10-8-13(9-11-14)12-17(18)21-16-7-5-4-6-15(16)19-2/h4-11H,3,12H2,1-2H3. The molecule has 0 aliphatic carbocycles. The summed E-state index contributed by atoms with van der Waals surface area (Å²) in [5.74, 6) is 1.43. The Kier molecular flexibility index (Phi) is 5.21. The van der Waals surface area contributed by atoms with Crippen molar-refractivity contribution in [3.63, 3.8) is 0 Å². The van der Waals surface area contributed by atoms with E-state index in [1.54, 1.807) is 25.3 Å². The average Bonchev–Trinajstić information content (AvgIpc) is 2.50. The Bertz CT molecular complexity index is 590. The zero-order valence-electron chi connectivity index (χ0n) is 12.2. The van der Waals surface area contributed by atoms with Crippen molar-refractivity contribution in [1.29, 1.82) is 0 Å². The van der Waals surface area contributed by atoms with Gasteiger partial charge in [0, 0.05) is 0 Å². The van der Waals surface area contributed by atoms with Crippen molar-refractivity contribution in [1.82, 2.24) is 0 Å². The monoisotopic (exact) mass is 286 g/mol. The quantitative estimate of drug-likeness (QED) is 0.604. The largest absolute Gasteiger partial charge is 0.494 e. The molecule has 0 saturated carbocycles. The normalized spacial score (nSPS) is 10.0. The lowest BCUT2D eigenvalue weighted by atomic mass is 10.1. The van der Waals surface area contributed by atoms with Crippen molar-refractivity contribution in [2.45, 2.75) is 13.3 Å². The average molecular weight is 286 g/mol. The fraction of sp³-hybridized carbons (Fsp3) is 0.235. The van der Waals surface area contributed by atoms with E-state index in [2.05, 4.69) is 0 Å². The molecular formula is C17H18O4. The highest BCUT2D eigenvalue weighted by Gasteiger charge is 2.10. The van der Waals surface area contributed by atoms with Crippen LogP contribution >= 0.6 is 0 Å². The van der Waals surface area contributed by atoms with E-state index in [9.17, 15) is 4.79 Å². The SMILES string of the molecule is CCOc1ccc(CC(=O)Oc2ccccc2OC)cc1. The predicted molar refractivity (Wildman–Crippen MR) is 79.9 cm³/mol. The molecule has 110 valence electrons. The first-order valence-electron chi connectivity index (χ1n) is 6.78. The van der Waals surface area contributed by atoms with E-state index < -0.39 is 0 Å². The van der Waals surface area contributed by atoms with Gasteiger partial charge < -0.3 is 14.2 Å². The Morgan fingerprint density at radius 1 is 1.00 bits per heavy atom. The third-order valence-corrected chi connectivity index (χ3v) is 2.88. The van der Waals surface area contributed by atoms with Crippen LogP contribution in [0.2, 0.25) is 0 Å². The lowest BCUT2D eigenvalue weighted by molar-refractivity contribution is -0.133. The van der Waals surface area contributed by atoms with E-state index in [1.165, 1.54) is 0 Å². The summed E-state index contributed by atoms with van der Waals surface area (Å²) in [7, 11) is 1.54. The molecule has 21 heavy (non-hydrogen) atoms. The van der Waals surface area contributed by atoms with E-state index in [0.717, 1.165) is 11.3 Å². The van der Waals surface area contributed by atoms with Crippen LogP contribution in [0.15, 0.2) is 48.5 Å². The first kappa shape index (κ1) is 14.9. The number of para-hydroxylation sites is 2. The lowest BCUT2D eigenvalue weighted by Gasteiger charge is -2.09. The Balaban J connectivity index is 1.98. The number of hydrogen-bond acceptors (Lipinski definition) is 4. The maximum absolute atomic E-state index is 12.0. The molecule has 0 amide bonds. The van der Waals surface area contributed by atoms with Gasteiger partial charge in [0.1, 0.15) is 5.75 Å². The molecule has 4 nitrogen and oxygen atoms in total. The zero-order valence-corrected chi connectivity index (χ0v) is 12.2. The summed E-state index contributed by atoms with van der Waals surface area (Å²) < 4.78 is 15.8. The lowest BCUT2D eigenvalue weighted by Crippen LogP contribution is -2.11. The number of rotatable bonds is 6. The number of carbonyl (C=O) groups excluding carboxylic acids is 1. The van der Waals surface area contributed by atoms with Crippen LogP contribution in [0.5, 0.6) is 17.2 Å². The molecule has 2 aromatic rings. The van der Waals surface area contributed by atoms with E-state index in [1.807, 2.05) is 37.3 Å². The Labute approximate surface area is 124 Å². The van der Waals surface area contributed by atoms with Crippen molar-refractivity contribution < 1.29 is 19.0 Å². The molecule has 0 N–H and O–H groups in total. The predicted octanol–water partition coefficient (Wildman–Crippen LogP) is 3.24.